The van der Waals surface area contributed by atoms with Crippen LogP contribution in [0.25, 0.3) is 22.2 Å². The number of carbonyl (C=O) groups is 3. The maximum absolute atomic E-state index is 13.9. The number of nitrogens with one attached hydrogen (secondary N) is 2. The number of Topliss-reactive ketones (excluding diaryl/α,β-unsaturated/α-hetero) is 1. The Balaban J connectivity index is 0.996. The summed E-state index contributed by atoms with van der Waals surface area (Å²) in [6.45, 7) is 3.22. The van der Waals surface area contributed by atoms with Crippen LogP contribution >= 0.6 is 11.8 Å². The number of thioether (sulfide) groups is 1. The number of nitrogens with zero attached hydrogens (tertiary/aromatic N) is 1. The fourth-order valence-electron chi connectivity index (χ4n) is 6.22. The Morgan fingerprint density at radius 3 is 2.52 bits per heavy atom. The van der Waals surface area contributed by atoms with Gasteiger partial charge in [0.1, 0.15) is 41.5 Å². The molecule has 3 atom stereocenters. The second-order valence-corrected chi connectivity index (χ2v) is 15.4. The highest BCUT2D eigenvalue weighted by atomic mass is 32.2. The van der Waals surface area contributed by atoms with Crippen LogP contribution in [0.5, 0.6) is 5.75 Å². The van der Waals surface area contributed by atoms with E-state index in [9.17, 15) is 31.6 Å². The lowest BCUT2D eigenvalue weighted by Crippen LogP contribution is -2.63. The summed E-state index contributed by atoms with van der Waals surface area (Å²) in [4.78, 5) is 43.7. The summed E-state index contributed by atoms with van der Waals surface area (Å²) in [6.07, 6.45) is -0.111. The number of esters is 1. The van der Waals surface area contributed by atoms with E-state index in [4.69, 9.17) is 9.47 Å². The molecule has 14 heteroatoms. The fourth-order valence-corrected chi connectivity index (χ4v) is 9.22. The summed E-state index contributed by atoms with van der Waals surface area (Å²) >= 11 is 1.42. The number of hydrogen-bond acceptors (Lipinski definition) is 8. The lowest BCUT2D eigenvalue weighted by molar-refractivity contribution is -0.168. The third kappa shape index (κ3) is 5.09. The first-order valence-electron chi connectivity index (χ1n) is 14.4. The van der Waals surface area contributed by atoms with E-state index >= 15 is 0 Å². The van der Waals surface area contributed by atoms with Crippen molar-refractivity contribution in [2.75, 3.05) is 11.3 Å². The number of β-lactam (4-membered cyclic amide) rings is 1. The molecule has 0 aliphatic carbocycles. The van der Waals surface area contributed by atoms with Crippen molar-refractivity contribution in [3.8, 4) is 17.0 Å². The van der Waals surface area contributed by atoms with Crippen molar-refractivity contribution in [1.29, 1.82) is 0 Å². The maximum Gasteiger partial charge on any atom is 0.330 e. The topological polar surface area (TPSA) is 135 Å². The van der Waals surface area contributed by atoms with Gasteiger partial charge in [-0.25, -0.2) is 22.0 Å². The zero-order valence-corrected chi connectivity index (χ0v) is 26.1. The van der Waals surface area contributed by atoms with Crippen molar-refractivity contribution < 1.29 is 41.1 Å². The lowest BCUT2D eigenvalue weighted by Gasteiger charge is -2.43. The van der Waals surface area contributed by atoms with E-state index < -0.39 is 56.3 Å². The molecule has 2 fully saturated rings. The lowest BCUT2D eigenvalue weighted by atomic mass is 9.88. The smallest absolute Gasteiger partial charge is 0.330 e. The number of H-pyrrole nitrogens is 1. The largest absolute Gasteiger partial charge is 0.486 e. The minimum atomic E-state index is -4.03. The monoisotopic (exact) mass is 667 g/mol. The number of aromatic nitrogens is 1. The Morgan fingerprint density at radius 2 is 1.76 bits per heavy atom. The fraction of sp³-hybridized carbons (Fsp3) is 0.281. The molecule has 0 radical (unpaired) electrons. The number of hydrogen-bond donors (Lipinski definition) is 2. The third-order valence-electron chi connectivity index (χ3n) is 8.43. The standard InChI is InChI=1S/C32H27F2N3O7S2/c1-32(2)28(31(40)44-14-16-3-5-17(33)6-4-16)37-29(39)23(30(37)45-32)12-19(38)15-43-20-8-9-21-25(13-20)46(41,42)36-27-22-11-18(34)7-10-24(22)35-26(21)27/h3-11,13,23,28,30,35-36H,12,14-15H2,1-2H3. The van der Waals surface area contributed by atoms with Crippen molar-refractivity contribution in [2.24, 2.45) is 5.92 Å². The Bertz CT molecular complexity index is 2050. The Kier molecular flexibility index (Phi) is 7.12. The summed E-state index contributed by atoms with van der Waals surface area (Å²) in [5.74, 6) is -2.67. The van der Waals surface area contributed by atoms with Crippen LogP contribution in [0, 0.1) is 17.6 Å². The molecule has 2 N–H and O–H groups in total. The van der Waals surface area contributed by atoms with Crippen LogP contribution in [0.4, 0.5) is 14.5 Å². The average Bonchev–Trinajstić information content (AvgIpc) is 3.49. The van der Waals surface area contributed by atoms with Crippen molar-refractivity contribution in [2.45, 2.75) is 47.9 Å². The van der Waals surface area contributed by atoms with E-state index in [0.29, 0.717) is 27.7 Å². The van der Waals surface area contributed by atoms with Crippen LogP contribution in [0.2, 0.25) is 0 Å². The van der Waals surface area contributed by atoms with Crippen LogP contribution in [0.15, 0.2) is 65.6 Å². The number of fused-ring (bicyclic) bond motifs is 6. The van der Waals surface area contributed by atoms with E-state index in [2.05, 4.69) is 9.71 Å². The second kappa shape index (κ2) is 10.8. The van der Waals surface area contributed by atoms with Gasteiger partial charge in [0.05, 0.1) is 22.7 Å². The number of ether oxygens (including phenoxy) is 2. The van der Waals surface area contributed by atoms with Gasteiger partial charge in [-0.15, -0.1) is 11.8 Å². The number of anilines is 1. The number of amides is 1. The Labute approximate surface area is 266 Å². The van der Waals surface area contributed by atoms with Crippen molar-refractivity contribution >= 4 is 56.0 Å². The quantitative estimate of drug-likeness (QED) is 0.198. The van der Waals surface area contributed by atoms with Gasteiger partial charge in [0, 0.05) is 33.7 Å². The molecule has 0 bridgehead atoms. The van der Waals surface area contributed by atoms with Crippen LogP contribution in [-0.4, -0.2) is 58.7 Å². The van der Waals surface area contributed by atoms with Crippen LogP contribution < -0.4 is 9.46 Å². The first-order chi connectivity index (χ1) is 21.8. The zero-order chi connectivity index (χ0) is 32.5. The number of sulfonamides is 1. The van der Waals surface area contributed by atoms with Gasteiger partial charge in [0.15, 0.2) is 5.78 Å². The molecule has 0 saturated carbocycles. The number of rotatable bonds is 8. The van der Waals surface area contributed by atoms with Gasteiger partial charge in [-0.05, 0) is 61.9 Å². The minimum Gasteiger partial charge on any atom is -0.486 e. The van der Waals surface area contributed by atoms with E-state index in [1.807, 2.05) is 13.8 Å². The highest BCUT2D eigenvalue weighted by Gasteiger charge is 2.64. The van der Waals surface area contributed by atoms with E-state index in [0.717, 1.165) is 0 Å². The average molecular weight is 668 g/mol. The molecule has 10 nitrogen and oxygen atoms in total. The maximum atomic E-state index is 13.9. The number of benzene rings is 3. The Hall–Kier alpha value is -4.43. The van der Waals surface area contributed by atoms with Crippen LogP contribution in [0.3, 0.4) is 0 Å². The van der Waals surface area contributed by atoms with Crippen molar-refractivity contribution in [3.05, 3.63) is 77.9 Å². The molecule has 46 heavy (non-hydrogen) atoms. The van der Waals surface area contributed by atoms with E-state index in [1.54, 1.807) is 6.07 Å². The molecule has 2 saturated heterocycles. The molecule has 4 heterocycles. The van der Waals surface area contributed by atoms with Gasteiger partial charge in [-0.1, -0.05) is 12.1 Å². The normalized spacial score (nSPS) is 21.9. The van der Waals surface area contributed by atoms with Crippen molar-refractivity contribution in [3.63, 3.8) is 0 Å². The molecule has 3 aliphatic heterocycles. The molecule has 3 aliphatic rings. The van der Waals surface area contributed by atoms with E-state index in [-0.39, 0.29) is 41.1 Å². The molecular weight excluding hydrogens is 640 g/mol. The summed E-state index contributed by atoms with van der Waals surface area (Å²) in [5.41, 5.74) is 2.28. The second-order valence-electron chi connectivity index (χ2n) is 12.0. The molecule has 1 amide bonds. The van der Waals surface area contributed by atoms with Gasteiger partial charge in [0.2, 0.25) is 5.91 Å². The molecule has 4 aromatic rings. The SMILES string of the molecule is CC1(C)SC2C(CC(=O)COc3ccc4c(c3)S(=O)(=O)Nc3c-4[nH]c4ccc(F)cc34)C(=O)N2C1C(=O)OCc1ccc(F)cc1. The summed E-state index contributed by atoms with van der Waals surface area (Å²) in [6, 6.07) is 13.2. The van der Waals surface area contributed by atoms with Gasteiger partial charge in [-0.3, -0.25) is 14.3 Å². The molecule has 238 valence electrons. The van der Waals surface area contributed by atoms with Crippen LogP contribution in [0.1, 0.15) is 25.8 Å². The minimum absolute atomic E-state index is 0.0642. The number of aromatic amines is 1. The van der Waals surface area contributed by atoms with Gasteiger partial charge >= 0.3 is 5.97 Å². The summed E-state index contributed by atoms with van der Waals surface area (Å²) < 4.78 is 66.2. The number of ketones is 1. The molecular formula is C32H27F2N3O7S2. The van der Waals surface area contributed by atoms with Gasteiger partial charge in [-0.2, -0.15) is 0 Å². The molecule has 0 spiro atoms. The highest BCUT2D eigenvalue weighted by molar-refractivity contribution is 8.01. The predicted molar refractivity (Wildman–Crippen MR) is 165 cm³/mol. The third-order valence-corrected chi connectivity index (χ3v) is 11.4. The number of carbonyl (C=O) groups excluding carboxylic acids is 3. The number of halogens is 2. The van der Waals surface area contributed by atoms with E-state index in [1.165, 1.54) is 71.3 Å². The van der Waals surface area contributed by atoms with Crippen molar-refractivity contribution in [1.82, 2.24) is 9.88 Å². The van der Waals surface area contributed by atoms with Gasteiger partial charge < -0.3 is 19.4 Å². The summed E-state index contributed by atoms with van der Waals surface area (Å²) in [5, 5.41) is 0.00467. The zero-order valence-electron chi connectivity index (χ0n) is 24.5. The van der Waals surface area contributed by atoms with Gasteiger partial charge in [0.25, 0.3) is 10.0 Å². The molecule has 3 aromatic carbocycles. The molecule has 3 unspecified atom stereocenters. The van der Waals surface area contributed by atoms with Crippen LogP contribution in [-0.2, 0) is 35.8 Å². The molecule has 1 aromatic heterocycles. The summed E-state index contributed by atoms with van der Waals surface area (Å²) in [7, 11) is -4.03. The molecule has 7 rings (SSSR count). The first-order valence-corrected chi connectivity index (χ1v) is 16.7. The first kappa shape index (κ1) is 30.2. The predicted octanol–water partition coefficient (Wildman–Crippen LogP) is 4.99. The highest BCUT2D eigenvalue weighted by Crippen LogP contribution is 2.54. The Morgan fingerprint density at radius 1 is 1.02 bits per heavy atom.